The third-order valence-electron chi connectivity index (χ3n) is 4.41. The standard InChI is InChI=1S/C14H28O2Si/c1-14(2,3)17(4,5)16-11-13-9-7-6-8-12(13)10-15/h6-7,12-13,15H,8-11H2,1-5H3/t12-,13-/m0/s1. The van der Waals surface area contributed by atoms with Crippen LogP contribution in [0.4, 0.5) is 0 Å². The summed E-state index contributed by atoms with van der Waals surface area (Å²) in [5.74, 6) is 0.892. The van der Waals surface area contributed by atoms with Gasteiger partial charge in [0.2, 0.25) is 0 Å². The Morgan fingerprint density at radius 1 is 1.18 bits per heavy atom. The van der Waals surface area contributed by atoms with Crippen molar-refractivity contribution < 1.29 is 9.53 Å². The molecule has 1 aliphatic carbocycles. The molecule has 0 saturated heterocycles. The van der Waals surface area contributed by atoms with Crippen LogP contribution in [0.1, 0.15) is 33.6 Å². The monoisotopic (exact) mass is 256 g/mol. The van der Waals surface area contributed by atoms with Crippen molar-refractivity contribution in [1.82, 2.24) is 0 Å². The molecule has 0 bridgehead atoms. The van der Waals surface area contributed by atoms with Crippen LogP contribution >= 0.6 is 0 Å². The van der Waals surface area contributed by atoms with Crippen LogP contribution in [-0.4, -0.2) is 26.6 Å². The van der Waals surface area contributed by atoms with Gasteiger partial charge in [-0.1, -0.05) is 32.9 Å². The van der Waals surface area contributed by atoms with Crippen molar-refractivity contribution in [2.24, 2.45) is 11.8 Å². The minimum Gasteiger partial charge on any atom is -0.417 e. The Bertz CT molecular complexity index is 266. The highest BCUT2D eigenvalue weighted by atomic mass is 28.4. The first-order chi connectivity index (χ1) is 7.78. The predicted octanol–water partition coefficient (Wildman–Crippen LogP) is 3.58. The molecule has 0 amide bonds. The first kappa shape index (κ1) is 14.9. The first-order valence-electron chi connectivity index (χ1n) is 6.68. The molecule has 0 saturated carbocycles. The molecule has 0 fully saturated rings. The molecule has 0 radical (unpaired) electrons. The van der Waals surface area contributed by atoms with Gasteiger partial charge in [-0.3, -0.25) is 0 Å². The Balaban J connectivity index is 2.52. The molecule has 17 heavy (non-hydrogen) atoms. The topological polar surface area (TPSA) is 29.5 Å². The fraction of sp³-hybridized carbons (Fsp3) is 0.857. The van der Waals surface area contributed by atoms with Gasteiger partial charge in [-0.05, 0) is 42.8 Å². The molecule has 0 aromatic rings. The fourth-order valence-corrected chi connectivity index (χ4v) is 2.95. The minimum atomic E-state index is -1.64. The molecule has 0 aromatic carbocycles. The molecule has 0 unspecified atom stereocenters. The van der Waals surface area contributed by atoms with Crippen LogP contribution in [-0.2, 0) is 4.43 Å². The number of aliphatic hydroxyl groups excluding tert-OH is 1. The average Bonchev–Trinajstić information content (AvgIpc) is 2.25. The van der Waals surface area contributed by atoms with Gasteiger partial charge in [-0.2, -0.15) is 0 Å². The van der Waals surface area contributed by atoms with Gasteiger partial charge in [0.25, 0.3) is 0 Å². The molecule has 3 heteroatoms. The summed E-state index contributed by atoms with van der Waals surface area (Å²) < 4.78 is 6.26. The third-order valence-corrected chi connectivity index (χ3v) is 8.91. The van der Waals surface area contributed by atoms with Crippen molar-refractivity contribution in [2.45, 2.75) is 51.7 Å². The number of aliphatic hydroxyl groups is 1. The van der Waals surface area contributed by atoms with E-state index in [1.807, 2.05) is 0 Å². The van der Waals surface area contributed by atoms with E-state index in [-0.39, 0.29) is 11.6 Å². The average molecular weight is 256 g/mol. The molecule has 100 valence electrons. The minimum absolute atomic E-state index is 0.270. The van der Waals surface area contributed by atoms with Gasteiger partial charge in [0.05, 0.1) is 0 Å². The summed E-state index contributed by atoms with van der Waals surface area (Å²) in [4.78, 5) is 0. The largest absolute Gasteiger partial charge is 0.417 e. The molecule has 0 heterocycles. The Kier molecular flexibility index (Phi) is 4.99. The fourth-order valence-electron chi connectivity index (χ4n) is 1.89. The second kappa shape index (κ2) is 5.68. The maximum Gasteiger partial charge on any atom is 0.191 e. The van der Waals surface area contributed by atoms with Gasteiger partial charge in [-0.15, -0.1) is 0 Å². The molecular weight excluding hydrogens is 228 g/mol. The van der Waals surface area contributed by atoms with Crippen molar-refractivity contribution in [1.29, 1.82) is 0 Å². The van der Waals surface area contributed by atoms with E-state index < -0.39 is 8.32 Å². The molecule has 0 aromatic heterocycles. The quantitative estimate of drug-likeness (QED) is 0.615. The second-order valence-corrected chi connectivity index (χ2v) is 11.5. The Morgan fingerprint density at radius 2 is 1.71 bits per heavy atom. The van der Waals surface area contributed by atoms with Crippen molar-refractivity contribution in [3.8, 4) is 0 Å². The zero-order valence-electron chi connectivity index (χ0n) is 12.0. The maximum atomic E-state index is 9.37. The van der Waals surface area contributed by atoms with E-state index in [1.54, 1.807) is 0 Å². The molecular formula is C14H28O2Si. The molecule has 2 atom stereocenters. The predicted molar refractivity (Wildman–Crippen MR) is 75.6 cm³/mol. The molecule has 1 N–H and O–H groups in total. The van der Waals surface area contributed by atoms with E-state index in [4.69, 9.17) is 4.43 Å². The highest BCUT2D eigenvalue weighted by molar-refractivity contribution is 6.74. The molecule has 0 spiro atoms. The van der Waals surface area contributed by atoms with Crippen molar-refractivity contribution in [3.05, 3.63) is 12.2 Å². The van der Waals surface area contributed by atoms with Gasteiger partial charge < -0.3 is 9.53 Å². The molecule has 2 nitrogen and oxygen atoms in total. The molecule has 1 aliphatic rings. The second-order valence-electron chi connectivity index (χ2n) is 6.72. The van der Waals surface area contributed by atoms with Gasteiger partial charge in [0.15, 0.2) is 8.32 Å². The highest BCUT2D eigenvalue weighted by Crippen LogP contribution is 2.37. The highest BCUT2D eigenvalue weighted by Gasteiger charge is 2.38. The van der Waals surface area contributed by atoms with Crippen molar-refractivity contribution >= 4 is 8.32 Å². The molecule has 1 rings (SSSR count). The van der Waals surface area contributed by atoms with Gasteiger partial charge >= 0.3 is 0 Å². The van der Waals surface area contributed by atoms with Crippen LogP contribution in [0.2, 0.25) is 18.1 Å². The van der Waals surface area contributed by atoms with E-state index >= 15 is 0 Å². The number of hydrogen-bond acceptors (Lipinski definition) is 2. The third kappa shape index (κ3) is 3.93. The summed E-state index contributed by atoms with van der Waals surface area (Å²) in [7, 11) is -1.64. The van der Waals surface area contributed by atoms with Crippen LogP contribution in [0, 0.1) is 11.8 Å². The summed E-state index contributed by atoms with van der Waals surface area (Å²) in [5.41, 5.74) is 0. The van der Waals surface area contributed by atoms with E-state index in [9.17, 15) is 5.11 Å². The Hall–Kier alpha value is -0.123. The van der Waals surface area contributed by atoms with E-state index in [2.05, 4.69) is 46.0 Å². The lowest BCUT2D eigenvalue weighted by Gasteiger charge is -2.38. The lowest BCUT2D eigenvalue weighted by molar-refractivity contribution is 0.121. The van der Waals surface area contributed by atoms with Crippen LogP contribution in [0.25, 0.3) is 0 Å². The van der Waals surface area contributed by atoms with Crippen molar-refractivity contribution in [2.75, 3.05) is 13.2 Å². The van der Waals surface area contributed by atoms with Crippen molar-refractivity contribution in [3.63, 3.8) is 0 Å². The van der Waals surface area contributed by atoms with E-state index in [0.29, 0.717) is 11.8 Å². The lowest BCUT2D eigenvalue weighted by Crippen LogP contribution is -2.42. The zero-order chi connectivity index (χ0) is 13.1. The smallest absolute Gasteiger partial charge is 0.191 e. The summed E-state index contributed by atoms with van der Waals surface area (Å²) in [6, 6.07) is 0. The zero-order valence-corrected chi connectivity index (χ0v) is 13.0. The number of allylic oxidation sites excluding steroid dienone is 2. The summed E-state index contributed by atoms with van der Waals surface area (Å²) >= 11 is 0. The van der Waals surface area contributed by atoms with Gasteiger partial charge in [0, 0.05) is 13.2 Å². The maximum absolute atomic E-state index is 9.37. The van der Waals surface area contributed by atoms with Gasteiger partial charge in [-0.25, -0.2) is 0 Å². The van der Waals surface area contributed by atoms with Crippen LogP contribution in [0.3, 0.4) is 0 Å². The normalized spacial score (nSPS) is 26.2. The van der Waals surface area contributed by atoms with Crippen LogP contribution in [0.15, 0.2) is 12.2 Å². The lowest BCUT2D eigenvalue weighted by atomic mass is 9.84. The number of hydrogen-bond donors (Lipinski definition) is 1. The van der Waals surface area contributed by atoms with Crippen LogP contribution in [0.5, 0.6) is 0 Å². The summed E-state index contributed by atoms with van der Waals surface area (Å²) in [5, 5.41) is 9.64. The Morgan fingerprint density at radius 3 is 2.18 bits per heavy atom. The van der Waals surface area contributed by atoms with Gasteiger partial charge in [0.1, 0.15) is 0 Å². The Labute approximate surface area is 107 Å². The number of rotatable bonds is 4. The van der Waals surface area contributed by atoms with Crippen LogP contribution < -0.4 is 0 Å². The summed E-state index contributed by atoms with van der Waals surface area (Å²) in [6.45, 7) is 12.5. The molecule has 0 aliphatic heterocycles. The SMILES string of the molecule is CC(C)(C)[Si](C)(C)OC[C@@H]1CC=CC[C@H]1CO. The van der Waals surface area contributed by atoms with E-state index in [1.165, 1.54) is 0 Å². The van der Waals surface area contributed by atoms with E-state index in [0.717, 1.165) is 19.4 Å². The first-order valence-corrected chi connectivity index (χ1v) is 9.58. The summed E-state index contributed by atoms with van der Waals surface area (Å²) in [6.07, 6.45) is 6.47.